The maximum atomic E-state index is 13.8. The summed E-state index contributed by atoms with van der Waals surface area (Å²) in [6.45, 7) is 4.70. The Labute approximate surface area is 162 Å². The number of hydrogen-bond acceptors (Lipinski definition) is 4. The van der Waals surface area contributed by atoms with Gasteiger partial charge in [0.05, 0.1) is 11.6 Å². The number of carbonyl (C=O) groups excluding carboxylic acids is 1. The molecule has 1 aromatic carbocycles. The number of esters is 1. The summed E-state index contributed by atoms with van der Waals surface area (Å²) in [7, 11) is 1.63. The summed E-state index contributed by atoms with van der Waals surface area (Å²) >= 11 is 5.91. The van der Waals surface area contributed by atoms with Gasteiger partial charge >= 0.3 is 5.97 Å². The van der Waals surface area contributed by atoms with Gasteiger partial charge in [0.15, 0.2) is 0 Å². The van der Waals surface area contributed by atoms with Crippen LogP contribution in [0.25, 0.3) is 6.08 Å². The highest BCUT2D eigenvalue weighted by Crippen LogP contribution is 2.21. The molecule has 0 aliphatic heterocycles. The number of nitriles is 1. The van der Waals surface area contributed by atoms with E-state index in [2.05, 4.69) is 0 Å². The summed E-state index contributed by atoms with van der Waals surface area (Å²) in [4.78, 5) is 12.2. The molecule has 7 heteroatoms. The van der Waals surface area contributed by atoms with Crippen LogP contribution in [0.2, 0.25) is 5.02 Å². The number of nitrogens with zero attached hydrogens (tertiary/aromatic N) is 2. The van der Waals surface area contributed by atoms with Gasteiger partial charge in [0.1, 0.15) is 24.1 Å². The third kappa shape index (κ3) is 4.97. The van der Waals surface area contributed by atoms with Crippen LogP contribution in [0.15, 0.2) is 29.8 Å². The van der Waals surface area contributed by atoms with Crippen molar-refractivity contribution in [2.45, 2.75) is 27.0 Å². The molecule has 2 rings (SSSR count). The minimum Gasteiger partial charge on any atom is -0.457 e. The van der Waals surface area contributed by atoms with Crippen molar-refractivity contribution in [2.24, 2.45) is 0 Å². The Morgan fingerprint density at radius 1 is 1.41 bits per heavy atom. The zero-order valence-electron chi connectivity index (χ0n) is 15.4. The number of halogens is 2. The molecule has 0 N–H and O–H groups in total. The second kappa shape index (κ2) is 9.36. The van der Waals surface area contributed by atoms with Gasteiger partial charge < -0.3 is 14.0 Å². The van der Waals surface area contributed by atoms with Crippen LogP contribution in [-0.2, 0) is 27.4 Å². The normalized spacial score (nSPS) is 11.3. The molecular formula is C20H20ClFN2O3. The molecule has 0 amide bonds. The Morgan fingerprint density at radius 3 is 2.78 bits per heavy atom. The zero-order valence-corrected chi connectivity index (χ0v) is 16.1. The molecular weight excluding hydrogens is 371 g/mol. The summed E-state index contributed by atoms with van der Waals surface area (Å²) < 4.78 is 26.0. The second-order valence-electron chi connectivity index (χ2n) is 5.92. The van der Waals surface area contributed by atoms with Gasteiger partial charge in [0.2, 0.25) is 0 Å². The molecule has 0 saturated carbocycles. The van der Waals surface area contributed by atoms with Crippen molar-refractivity contribution in [3.05, 3.63) is 63.2 Å². The average Bonchev–Trinajstić information content (AvgIpc) is 2.90. The molecule has 0 aliphatic rings. The Kier molecular flexibility index (Phi) is 7.17. The monoisotopic (exact) mass is 390 g/mol. The smallest absolute Gasteiger partial charge is 0.349 e. The molecule has 0 bridgehead atoms. The maximum absolute atomic E-state index is 13.8. The minimum atomic E-state index is -0.835. The van der Waals surface area contributed by atoms with Gasteiger partial charge in [0, 0.05) is 30.6 Å². The third-order valence-electron chi connectivity index (χ3n) is 4.18. The van der Waals surface area contributed by atoms with E-state index in [0.29, 0.717) is 13.2 Å². The van der Waals surface area contributed by atoms with E-state index in [9.17, 15) is 14.4 Å². The lowest BCUT2D eigenvalue weighted by molar-refractivity contribution is -0.139. The van der Waals surface area contributed by atoms with Crippen LogP contribution >= 0.6 is 11.6 Å². The Balaban J connectivity index is 2.19. The lowest BCUT2D eigenvalue weighted by atomic mass is 10.1. The average molecular weight is 391 g/mol. The Bertz CT molecular complexity index is 892. The van der Waals surface area contributed by atoms with Gasteiger partial charge in [-0.2, -0.15) is 5.26 Å². The summed E-state index contributed by atoms with van der Waals surface area (Å²) in [5.74, 6) is -1.40. The molecule has 0 radical (unpaired) electrons. The first-order valence-electron chi connectivity index (χ1n) is 8.26. The van der Waals surface area contributed by atoms with Crippen molar-refractivity contribution >= 4 is 23.6 Å². The van der Waals surface area contributed by atoms with Crippen LogP contribution in [-0.4, -0.2) is 24.3 Å². The van der Waals surface area contributed by atoms with Gasteiger partial charge in [-0.1, -0.05) is 17.7 Å². The van der Waals surface area contributed by atoms with Gasteiger partial charge in [-0.05, 0) is 43.7 Å². The number of ether oxygens (including phenoxy) is 2. The highest BCUT2D eigenvalue weighted by Gasteiger charge is 2.16. The van der Waals surface area contributed by atoms with E-state index >= 15 is 0 Å². The molecule has 1 heterocycles. The van der Waals surface area contributed by atoms with Gasteiger partial charge in [0.25, 0.3) is 0 Å². The summed E-state index contributed by atoms with van der Waals surface area (Å²) in [6, 6.07) is 7.91. The molecule has 5 nitrogen and oxygen atoms in total. The van der Waals surface area contributed by atoms with Crippen LogP contribution in [0.4, 0.5) is 4.39 Å². The van der Waals surface area contributed by atoms with E-state index in [4.69, 9.17) is 21.1 Å². The summed E-state index contributed by atoms with van der Waals surface area (Å²) in [5, 5.41) is 9.49. The first kappa shape index (κ1) is 20.7. The zero-order chi connectivity index (χ0) is 20.0. The van der Waals surface area contributed by atoms with Gasteiger partial charge in [-0.25, -0.2) is 9.18 Å². The topological polar surface area (TPSA) is 64.2 Å². The highest BCUT2D eigenvalue weighted by atomic mass is 35.5. The molecule has 142 valence electrons. The predicted octanol–water partition coefficient (Wildman–Crippen LogP) is 4.19. The van der Waals surface area contributed by atoms with E-state index in [1.807, 2.05) is 30.6 Å². The van der Waals surface area contributed by atoms with E-state index in [1.54, 1.807) is 7.11 Å². The Morgan fingerprint density at radius 2 is 2.15 bits per heavy atom. The highest BCUT2D eigenvalue weighted by molar-refractivity contribution is 6.31. The predicted molar refractivity (Wildman–Crippen MR) is 101 cm³/mol. The number of hydrogen-bond donors (Lipinski definition) is 0. The second-order valence-corrected chi connectivity index (χ2v) is 6.32. The molecule has 0 unspecified atom stereocenters. The van der Waals surface area contributed by atoms with Crippen LogP contribution in [0, 0.1) is 31.0 Å². The van der Waals surface area contributed by atoms with E-state index in [1.165, 1.54) is 24.3 Å². The lowest BCUT2D eigenvalue weighted by Gasteiger charge is -2.08. The summed E-state index contributed by atoms with van der Waals surface area (Å²) in [5.41, 5.74) is 2.53. The van der Waals surface area contributed by atoms with E-state index in [-0.39, 0.29) is 22.8 Å². The number of aromatic nitrogens is 1. The number of aryl methyl sites for hydroxylation is 1. The molecule has 0 aliphatic carbocycles. The molecule has 0 spiro atoms. The number of methoxy groups -OCH3 is 1. The van der Waals surface area contributed by atoms with Crippen LogP contribution in [0.3, 0.4) is 0 Å². The Hall–Kier alpha value is -2.62. The first-order valence-corrected chi connectivity index (χ1v) is 8.64. The molecule has 27 heavy (non-hydrogen) atoms. The van der Waals surface area contributed by atoms with Gasteiger partial charge in [-0.15, -0.1) is 0 Å². The van der Waals surface area contributed by atoms with Crippen molar-refractivity contribution in [2.75, 3.05) is 13.7 Å². The quantitative estimate of drug-likeness (QED) is 0.404. The van der Waals surface area contributed by atoms with Crippen LogP contribution in [0.5, 0.6) is 0 Å². The molecule has 1 aromatic heterocycles. The van der Waals surface area contributed by atoms with Crippen molar-refractivity contribution in [1.29, 1.82) is 5.26 Å². The summed E-state index contributed by atoms with van der Waals surface area (Å²) in [6.07, 6.45) is 1.47. The van der Waals surface area contributed by atoms with Crippen LogP contribution in [0.1, 0.15) is 22.5 Å². The van der Waals surface area contributed by atoms with Gasteiger partial charge in [-0.3, -0.25) is 0 Å². The minimum absolute atomic E-state index is 0.0718. The fourth-order valence-electron chi connectivity index (χ4n) is 2.68. The molecule has 0 fully saturated rings. The number of rotatable bonds is 7. The first-order chi connectivity index (χ1) is 12.9. The molecule has 0 atom stereocenters. The number of carbonyl (C=O) groups is 1. The number of benzene rings is 1. The SMILES string of the molecule is COCCn1c(C)cc(/C=C(\C#N)C(=O)OCc2c(F)cccc2Cl)c1C. The standard InChI is InChI=1S/C20H20ClFN2O3/c1-13-9-15(14(2)24(13)7-8-26-3)10-16(11-23)20(25)27-12-17-18(21)5-4-6-19(17)22/h4-6,9-10H,7-8,12H2,1-3H3/b16-10+. The lowest BCUT2D eigenvalue weighted by Crippen LogP contribution is -2.09. The van der Waals surface area contributed by atoms with Crippen LogP contribution < -0.4 is 0 Å². The van der Waals surface area contributed by atoms with Crippen molar-refractivity contribution in [1.82, 2.24) is 4.57 Å². The van der Waals surface area contributed by atoms with Crippen molar-refractivity contribution < 1.29 is 18.7 Å². The fraction of sp³-hybridized carbons (Fsp3) is 0.300. The van der Waals surface area contributed by atoms with E-state index < -0.39 is 11.8 Å². The van der Waals surface area contributed by atoms with Crippen molar-refractivity contribution in [3.8, 4) is 6.07 Å². The van der Waals surface area contributed by atoms with E-state index in [0.717, 1.165) is 17.0 Å². The fourth-order valence-corrected chi connectivity index (χ4v) is 2.90. The maximum Gasteiger partial charge on any atom is 0.349 e. The molecule has 0 saturated heterocycles. The largest absolute Gasteiger partial charge is 0.457 e. The van der Waals surface area contributed by atoms with Crippen molar-refractivity contribution in [3.63, 3.8) is 0 Å². The third-order valence-corrected chi connectivity index (χ3v) is 4.54. The molecule has 2 aromatic rings.